The van der Waals surface area contributed by atoms with Crippen molar-refractivity contribution in [3.63, 3.8) is 0 Å². The quantitative estimate of drug-likeness (QED) is 0.663. The van der Waals surface area contributed by atoms with Crippen LogP contribution in [0.25, 0.3) is 0 Å². The molecule has 0 bridgehead atoms. The van der Waals surface area contributed by atoms with Gasteiger partial charge in [0.2, 0.25) is 0 Å². The van der Waals surface area contributed by atoms with Gasteiger partial charge < -0.3 is 20.5 Å². The molecule has 1 aliphatic carbocycles. The van der Waals surface area contributed by atoms with Crippen molar-refractivity contribution >= 4 is 23.3 Å². The van der Waals surface area contributed by atoms with E-state index in [-0.39, 0.29) is 11.1 Å². The highest BCUT2D eigenvalue weighted by Gasteiger charge is 2.20. The Morgan fingerprint density at radius 1 is 1.04 bits per heavy atom. The van der Waals surface area contributed by atoms with E-state index in [1.807, 2.05) is 0 Å². The molecule has 1 fully saturated rings. The maximum Gasteiger partial charge on any atom is 0.340 e. The summed E-state index contributed by atoms with van der Waals surface area (Å²) in [4.78, 5) is 22.0. The molecule has 1 saturated carbocycles. The molecule has 8 heteroatoms. The lowest BCUT2D eigenvalue weighted by atomic mass is 9.92. The van der Waals surface area contributed by atoms with Crippen molar-refractivity contribution in [1.82, 2.24) is 0 Å². The Kier molecular flexibility index (Phi) is 7.31. The third-order valence-electron chi connectivity index (χ3n) is 4.33. The first-order valence-electron chi connectivity index (χ1n) is 8.70. The molecule has 0 aromatic heterocycles. The van der Waals surface area contributed by atoms with Gasteiger partial charge >= 0.3 is 11.9 Å². The Bertz CT molecular complexity index is 854. The number of nitrogens with one attached hydrogen (secondary N) is 2. The molecule has 0 aliphatic heterocycles. The zero-order valence-electron chi connectivity index (χ0n) is 15.6. The normalized spacial score (nSPS) is 12.9. The molecule has 6 nitrogen and oxygen atoms in total. The van der Waals surface area contributed by atoms with Crippen LogP contribution in [0, 0.1) is 11.6 Å². The van der Waals surface area contributed by atoms with Gasteiger partial charge in [-0.2, -0.15) is 0 Å². The molecule has 0 spiro atoms. The van der Waals surface area contributed by atoms with E-state index in [0.29, 0.717) is 17.4 Å². The van der Waals surface area contributed by atoms with Gasteiger partial charge in [-0.1, -0.05) is 0 Å². The molecule has 1 aliphatic rings. The third kappa shape index (κ3) is 5.42. The predicted molar refractivity (Wildman–Crippen MR) is 102 cm³/mol. The zero-order valence-corrected chi connectivity index (χ0v) is 15.6. The lowest BCUT2D eigenvalue weighted by Gasteiger charge is -2.28. The standard InChI is InChI=1S/C12H14FNO2.C8H8FNO2/c1-16-12(15)10-7-8(13)5-6-11(10)14-9-3-2-4-9;1-10-7-3-2-5(9)4-6(7)8(11)12/h5-7,9,14H,2-4H2,1H3;2-4,10H,1H3,(H,11,12). The molecular weight excluding hydrogens is 370 g/mol. The first kappa shape index (κ1) is 21.1. The lowest BCUT2D eigenvalue weighted by Crippen LogP contribution is -2.28. The Hall–Kier alpha value is -3.16. The van der Waals surface area contributed by atoms with E-state index in [2.05, 4.69) is 15.4 Å². The van der Waals surface area contributed by atoms with Crippen LogP contribution in [0.2, 0.25) is 0 Å². The van der Waals surface area contributed by atoms with Crippen LogP contribution < -0.4 is 10.6 Å². The minimum Gasteiger partial charge on any atom is -0.478 e. The Morgan fingerprint density at radius 3 is 2.07 bits per heavy atom. The van der Waals surface area contributed by atoms with Crippen molar-refractivity contribution in [2.75, 3.05) is 24.8 Å². The number of halogens is 2. The van der Waals surface area contributed by atoms with Gasteiger partial charge in [0.1, 0.15) is 11.6 Å². The van der Waals surface area contributed by atoms with Gasteiger partial charge in [0, 0.05) is 24.5 Å². The fourth-order valence-electron chi connectivity index (χ4n) is 2.61. The number of ether oxygens (including phenoxy) is 1. The molecule has 0 heterocycles. The summed E-state index contributed by atoms with van der Waals surface area (Å²) < 4.78 is 30.2. The Morgan fingerprint density at radius 2 is 1.61 bits per heavy atom. The first-order valence-corrected chi connectivity index (χ1v) is 8.70. The average Bonchev–Trinajstić information content (AvgIpc) is 2.65. The highest BCUT2D eigenvalue weighted by atomic mass is 19.1. The molecule has 0 unspecified atom stereocenters. The van der Waals surface area contributed by atoms with Crippen LogP contribution in [-0.4, -0.2) is 37.2 Å². The Balaban J connectivity index is 0.000000209. The second-order valence-electron chi connectivity index (χ2n) is 6.20. The van der Waals surface area contributed by atoms with Gasteiger partial charge in [0.05, 0.1) is 18.2 Å². The summed E-state index contributed by atoms with van der Waals surface area (Å²) in [6, 6.07) is 8.10. The molecule has 3 rings (SSSR count). The van der Waals surface area contributed by atoms with E-state index in [1.165, 1.54) is 37.8 Å². The minimum absolute atomic E-state index is 0.0579. The van der Waals surface area contributed by atoms with Crippen molar-refractivity contribution in [2.45, 2.75) is 25.3 Å². The van der Waals surface area contributed by atoms with Crippen molar-refractivity contribution in [3.05, 3.63) is 59.2 Å². The Labute approximate surface area is 161 Å². The highest BCUT2D eigenvalue weighted by molar-refractivity contribution is 5.95. The van der Waals surface area contributed by atoms with Gasteiger partial charge in [0.25, 0.3) is 0 Å². The number of methoxy groups -OCH3 is 1. The lowest BCUT2D eigenvalue weighted by molar-refractivity contribution is 0.0600. The number of carboxylic acid groups (broad SMARTS) is 1. The molecule has 0 radical (unpaired) electrons. The summed E-state index contributed by atoms with van der Waals surface area (Å²) in [6.07, 6.45) is 3.39. The van der Waals surface area contributed by atoms with E-state index in [9.17, 15) is 18.4 Å². The number of carbonyl (C=O) groups is 2. The molecule has 2 aromatic carbocycles. The van der Waals surface area contributed by atoms with E-state index < -0.39 is 23.6 Å². The van der Waals surface area contributed by atoms with E-state index in [4.69, 9.17) is 5.11 Å². The van der Waals surface area contributed by atoms with Gasteiger partial charge in [-0.25, -0.2) is 18.4 Å². The van der Waals surface area contributed by atoms with Gasteiger partial charge in [-0.15, -0.1) is 0 Å². The van der Waals surface area contributed by atoms with Crippen LogP contribution in [0.1, 0.15) is 40.0 Å². The second-order valence-corrected chi connectivity index (χ2v) is 6.20. The van der Waals surface area contributed by atoms with Crippen LogP contribution in [0.3, 0.4) is 0 Å². The van der Waals surface area contributed by atoms with Crippen LogP contribution in [0.5, 0.6) is 0 Å². The maximum atomic E-state index is 13.0. The van der Waals surface area contributed by atoms with Crippen molar-refractivity contribution in [1.29, 1.82) is 0 Å². The van der Waals surface area contributed by atoms with Crippen LogP contribution in [-0.2, 0) is 4.74 Å². The zero-order chi connectivity index (χ0) is 20.7. The largest absolute Gasteiger partial charge is 0.478 e. The number of hydrogen-bond donors (Lipinski definition) is 3. The maximum absolute atomic E-state index is 13.0. The second kappa shape index (κ2) is 9.68. The topological polar surface area (TPSA) is 87.7 Å². The summed E-state index contributed by atoms with van der Waals surface area (Å²) in [5, 5.41) is 14.5. The monoisotopic (exact) mass is 392 g/mol. The number of aromatic carboxylic acids is 1. The molecule has 0 amide bonds. The van der Waals surface area contributed by atoms with Crippen LogP contribution in [0.15, 0.2) is 36.4 Å². The predicted octanol–water partition coefficient (Wildman–Crippen LogP) is 4.14. The van der Waals surface area contributed by atoms with E-state index in [1.54, 1.807) is 13.1 Å². The fourth-order valence-corrected chi connectivity index (χ4v) is 2.61. The van der Waals surface area contributed by atoms with Crippen LogP contribution >= 0.6 is 0 Å². The number of rotatable bonds is 5. The molecule has 3 N–H and O–H groups in total. The molecule has 0 saturated heterocycles. The summed E-state index contributed by atoms with van der Waals surface area (Å²) in [5.74, 6) is -2.63. The van der Waals surface area contributed by atoms with Crippen LogP contribution in [0.4, 0.5) is 20.2 Å². The first-order chi connectivity index (χ1) is 13.3. The molecule has 2 aromatic rings. The number of benzene rings is 2. The average molecular weight is 392 g/mol. The SMILES string of the molecule is CNc1ccc(F)cc1C(=O)O.COC(=O)c1cc(F)ccc1NC1CCC1. The number of carboxylic acids is 1. The van der Waals surface area contributed by atoms with E-state index >= 15 is 0 Å². The van der Waals surface area contributed by atoms with Crippen molar-refractivity contribution < 1.29 is 28.2 Å². The molecule has 28 heavy (non-hydrogen) atoms. The minimum atomic E-state index is -1.14. The van der Waals surface area contributed by atoms with Crippen molar-refractivity contribution in [2.24, 2.45) is 0 Å². The van der Waals surface area contributed by atoms with Gasteiger partial charge in [0.15, 0.2) is 0 Å². The van der Waals surface area contributed by atoms with Gasteiger partial charge in [-0.3, -0.25) is 0 Å². The summed E-state index contributed by atoms with van der Waals surface area (Å²) in [5.41, 5.74) is 1.26. The number of esters is 1. The van der Waals surface area contributed by atoms with Gasteiger partial charge in [-0.05, 0) is 55.7 Å². The van der Waals surface area contributed by atoms with E-state index in [0.717, 1.165) is 18.9 Å². The molecule has 0 atom stereocenters. The van der Waals surface area contributed by atoms with Crippen molar-refractivity contribution in [3.8, 4) is 0 Å². The molecular formula is C20H22F2N2O4. The number of carbonyl (C=O) groups excluding carboxylic acids is 1. The summed E-state index contributed by atoms with van der Waals surface area (Å²) in [7, 11) is 2.88. The highest BCUT2D eigenvalue weighted by Crippen LogP contribution is 2.26. The summed E-state index contributed by atoms with van der Waals surface area (Å²) in [6.45, 7) is 0. The third-order valence-corrected chi connectivity index (χ3v) is 4.33. The fraction of sp³-hybridized carbons (Fsp3) is 0.300. The number of hydrogen-bond acceptors (Lipinski definition) is 5. The molecule has 150 valence electrons. The summed E-state index contributed by atoms with van der Waals surface area (Å²) >= 11 is 0. The number of anilines is 2. The smallest absolute Gasteiger partial charge is 0.340 e.